The second-order valence-corrected chi connectivity index (χ2v) is 6.06. The lowest BCUT2D eigenvalue weighted by atomic mass is 9.80. The van der Waals surface area contributed by atoms with Crippen LogP contribution in [0.4, 0.5) is 0 Å². The Hall–Kier alpha value is -0.150. The number of nitrogens with zero attached hydrogens (tertiary/aromatic N) is 2. The number of rotatable bonds is 2. The first-order valence-electron chi connectivity index (χ1n) is 6.31. The fourth-order valence-corrected chi connectivity index (χ4v) is 3.02. The van der Waals surface area contributed by atoms with Crippen molar-refractivity contribution < 1.29 is 0 Å². The van der Waals surface area contributed by atoms with E-state index < -0.39 is 0 Å². The zero-order chi connectivity index (χ0) is 12.4. The SMILES string of the molecule is CCC1CCCC(c2nc(C)c(Br)c(Cl)n2)C1. The first-order valence-corrected chi connectivity index (χ1v) is 7.48. The molecule has 0 radical (unpaired) electrons. The summed E-state index contributed by atoms with van der Waals surface area (Å²) in [4.78, 5) is 9.02. The van der Waals surface area contributed by atoms with Crippen LogP contribution in [0.25, 0.3) is 0 Å². The molecule has 94 valence electrons. The van der Waals surface area contributed by atoms with Gasteiger partial charge in [-0.1, -0.05) is 37.8 Å². The quantitative estimate of drug-likeness (QED) is 0.726. The molecular formula is C13H18BrClN2. The second-order valence-electron chi connectivity index (χ2n) is 4.91. The van der Waals surface area contributed by atoms with Gasteiger partial charge in [-0.3, -0.25) is 0 Å². The van der Waals surface area contributed by atoms with E-state index in [4.69, 9.17) is 11.6 Å². The van der Waals surface area contributed by atoms with E-state index in [9.17, 15) is 0 Å². The van der Waals surface area contributed by atoms with Gasteiger partial charge in [-0.2, -0.15) is 0 Å². The first kappa shape index (κ1) is 13.3. The van der Waals surface area contributed by atoms with Crippen LogP contribution in [0.5, 0.6) is 0 Å². The summed E-state index contributed by atoms with van der Waals surface area (Å²) >= 11 is 9.52. The minimum absolute atomic E-state index is 0.498. The molecule has 0 aromatic carbocycles. The summed E-state index contributed by atoms with van der Waals surface area (Å²) in [6, 6.07) is 0. The third-order valence-corrected chi connectivity index (χ3v) is 5.17. The van der Waals surface area contributed by atoms with Gasteiger partial charge in [0.05, 0.1) is 10.2 Å². The summed E-state index contributed by atoms with van der Waals surface area (Å²) < 4.78 is 0.825. The highest BCUT2D eigenvalue weighted by molar-refractivity contribution is 9.10. The third-order valence-electron chi connectivity index (χ3n) is 3.72. The Bertz CT molecular complexity index is 385. The average molecular weight is 318 g/mol. The molecule has 0 spiro atoms. The minimum atomic E-state index is 0.498. The van der Waals surface area contributed by atoms with Gasteiger partial charge in [0.2, 0.25) is 0 Å². The van der Waals surface area contributed by atoms with Crippen molar-refractivity contribution in [2.24, 2.45) is 5.92 Å². The van der Waals surface area contributed by atoms with Crippen LogP contribution in [-0.2, 0) is 0 Å². The number of hydrogen-bond donors (Lipinski definition) is 0. The van der Waals surface area contributed by atoms with Crippen LogP contribution in [0.15, 0.2) is 4.47 Å². The van der Waals surface area contributed by atoms with Gasteiger partial charge in [0, 0.05) is 5.92 Å². The monoisotopic (exact) mass is 316 g/mol. The molecule has 1 fully saturated rings. The second kappa shape index (κ2) is 5.66. The largest absolute Gasteiger partial charge is 0.237 e. The predicted molar refractivity (Wildman–Crippen MR) is 74.5 cm³/mol. The normalized spacial score (nSPS) is 24.9. The van der Waals surface area contributed by atoms with Crippen LogP contribution >= 0.6 is 27.5 Å². The van der Waals surface area contributed by atoms with Crippen molar-refractivity contribution in [1.29, 1.82) is 0 Å². The lowest BCUT2D eigenvalue weighted by Crippen LogP contribution is -2.16. The van der Waals surface area contributed by atoms with Crippen molar-refractivity contribution >= 4 is 27.5 Å². The van der Waals surface area contributed by atoms with Crippen LogP contribution in [0.2, 0.25) is 5.15 Å². The van der Waals surface area contributed by atoms with E-state index in [0.717, 1.165) is 21.9 Å². The molecule has 1 saturated carbocycles. The molecule has 1 aliphatic rings. The van der Waals surface area contributed by atoms with Crippen molar-refractivity contribution in [3.8, 4) is 0 Å². The maximum Gasteiger partial charge on any atom is 0.147 e. The Morgan fingerprint density at radius 2 is 2.12 bits per heavy atom. The summed E-state index contributed by atoms with van der Waals surface area (Å²) in [7, 11) is 0. The molecule has 1 aromatic rings. The Labute approximate surface area is 116 Å². The number of aryl methyl sites for hydroxylation is 1. The Balaban J connectivity index is 2.22. The van der Waals surface area contributed by atoms with Gasteiger partial charge in [-0.05, 0) is 41.6 Å². The van der Waals surface area contributed by atoms with Gasteiger partial charge in [-0.25, -0.2) is 9.97 Å². The van der Waals surface area contributed by atoms with Gasteiger partial charge in [0.25, 0.3) is 0 Å². The third kappa shape index (κ3) is 3.00. The van der Waals surface area contributed by atoms with Crippen LogP contribution in [-0.4, -0.2) is 9.97 Å². The molecule has 0 aliphatic heterocycles. The molecule has 1 heterocycles. The van der Waals surface area contributed by atoms with Crippen molar-refractivity contribution in [2.75, 3.05) is 0 Å². The van der Waals surface area contributed by atoms with Crippen molar-refractivity contribution in [3.05, 3.63) is 21.1 Å². The highest BCUT2D eigenvalue weighted by Gasteiger charge is 2.25. The maximum atomic E-state index is 6.11. The molecule has 4 heteroatoms. The zero-order valence-corrected chi connectivity index (χ0v) is 12.7. The fraction of sp³-hybridized carbons (Fsp3) is 0.692. The average Bonchev–Trinajstić information content (AvgIpc) is 2.35. The molecule has 2 unspecified atom stereocenters. The summed E-state index contributed by atoms with van der Waals surface area (Å²) in [5.41, 5.74) is 0.943. The summed E-state index contributed by atoms with van der Waals surface area (Å²) in [5, 5.41) is 0.547. The van der Waals surface area contributed by atoms with Gasteiger partial charge >= 0.3 is 0 Å². The van der Waals surface area contributed by atoms with Gasteiger partial charge in [0.15, 0.2) is 0 Å². The molecule has 0 amide bonds. The summed E-state index contributed by atoms with van der Waals surface area (Å²) in [6.07, 6.45) is 6.33. The lowest BCUT2D eigenvalue weighted by Gasteiger charge is -2.27. The van der Waals surface area contributed by atoms with Crippen LogP contribution in [0.3, 0.4) is 0 Å². The van der Waals surface area contributed by atoms with Crippen LogP contribution in [0, 0.1) is 12.8 Å². The summed E-state index contributed by atoms with van der Waals surface area (Å²) in [6.45, 7) is 4.25. The van der Waals surface area contributed by atoms with E-state index in [2.05, 4.69) is 32.8 Å². The van der Waals surface area contributed by atoms with E-state index in [1.165, 1.54) is 32.1 Å². The number of hydrogen-bond acceptors (Lipinski definition) is 2. The minimum Gasteiger partial charge on any atom is -0.237 e. The van der Waals surface area contributed by atoms with Crippen molar-refractivity contribution in [2.45, 2.75) is 51.9 Å². The topological polar surface area (TPSA) is 25.8 Å². The predicted octanol–water partition coefficient (Wildman–Crippen LogP) is 4.88. The highest BCUT2D eigenvalue weighted by Crippen LogP contribution is 2.37. The van der Waals surface area contributed by atoms with Crippen LogP contribution < -0.4 is 0 Å². The standard InChI is InChI=1S/C13H18BrClN2/c1-3-9-5-4-6-10(7-9)13-16-8(2)11(14)12(15)17-13/h9-10H,3-7H2,1-2H3. The lowest BCUT2D eigenvalue weighted by molar-refractivity contribution is 0.307. The smallest absolute Gasteiger partial charge is 0.147 e. The molecule has 1 aliphatic carbocycles. The molecule has 2 rings (SSSR count). The summed E-state index contributed by atoms with van der Waals surface area (Å²) in [5.74, 6) is 2.27. The molecule has 0 N–H and O–H groups in total. The van der Waals surface area contributed by atoms with Gasteiger partial charge < -0.3 is 0 Å². The Morgan fingerprint density at radius 1 is 1.35 bits per heavy atom. The zero-order valence-electron chi connectivity index (χ0n) is 10.3. The maximum absolute atomic E-state index is 6.11. The number of aromatic nitrogens is 2. The van der Waals surface area contributed by atoms with E-state index in [1.54, 1.807) is 0 Å². The van der Waals surface area contributed by atoms with E-state index in [0.29, 0.717) is 11.1 Å². The Morgan fingerprint density at radius 3 is 2.76 bits per heavy atom. The van der Waals surface area contributed by atoms with Gasteiger partial charge in [-0.15, -0.1) is 0 Å². The molecule has 17 heavy (non-hydrogen) atoms. The molecule has 0 bridgehead atoms. The molecular weight excluding hydrogens is 300 g/mol. The van der Waals surface area contributed by atoms with Gasteiger partial charge in [0.1, 0.15) is 11.0 Å². The highest BCUT2D eigenvalue weighted by atomic mass is 79.9. The van der Waals surface area contributed by atoms with Crippen molar-refractivity contribution in [1.82, 2.24) is 9.97 Å². The van der Waals surface area contributed by atoms with E-state index >= 15 is 0 Å². The van der Waals surface area contributed by atoms with Crippen molar-refractivity contribution in [3.63, 3.8) is 0 Å². The van der Waals surface area contributed by atoms with Crippen LogP contribution in [0.1, 0.15) is 56.5 Å². The first-order chi connectivity index (χ1) is 8.11. The fourth-order valence-electron chi connectivity index (χ4n) is 2.62. The number of halogens is 2. The molecule has 1 aromatic heterocycles. The molecule has 2 atom stereocenters. The molecule has 2 nitrogen and oxygen atoms in total. The molecule has 0 saturated heterocycles. The van der Waals surface area contributed by atoms with E-state index in [1.807, 2.05) is 6.92 Å². The Kier molecular flexibility index (Phi) is 4.42. The van der Waals surface area contributed by atoms with E-state index in [-0.39, 0.29) is 0 Å².